The zero-order chi connectivity index (χ0) is 11.3. The van der Waals surface area contributed by atoms with E-state index in [-0.39, 0.29) is 11.9 Å². The van der Waals surface area contributed by atoms with Crippen LogP contribution in [0.5, 0.6) is 5.75 Å². The van der Waals surface area contributed by atoms with Gasteiger partial charge in [0.25, 0.3) is 0 Å². The van der Waals surface area contributed by atoms with Crippen molar-refractivity contribution in [1.29, 1.82) is 0 Å². The molecule has 0 saturated heterocycles. The molecule has 0 saturated carbocycles. The first kappa shape index (κ1) is 12.4. The van der Waals surface area contributed by atoms with Gasteiger partial charge >= 0.3 is 0 Å². The second kappa shape index (κ2) is 6.03. The van der Waals surface area contributed by atoms with Crippen molar-refractivity contribution in [2.45, 2.75) is 24.0 Å². The van der Waals surface area contributed by atoms with Crippen LogP contribution in [0.15, 0.2) is 29.2 Å². The number of benzene rings is 1. The Hall–Kier alpha value is -0.670. The molecule has 0 heterocycles. The van der Waals surface area contributed by atoms with Gasteiger partial charge in [-0.15, -0.1) is 11.8 Å². The van der Waals surface area contributed by atoms with Crippen LogP contribution in [-0.2, 0) is 0 Å². The highest BCUT2D eigenvalue weighted by molar-refractivity contribution is 8.00. The Balaban J connectivity index is 2.63. The van der Waals surface area contributed by atoms with Crippen LogP contribution in [0.1, 0.15) is 13.8 Å². The number of thioether (sulfide) groups is 1. The van der Waals surface area contributed by atoms with Gasteiger partial charge in [-0.2, -0.15) is 0 Å². The van der Waals surface area contributed by atoms with Crippen LogP contribution in [0, 0.1) is 5.92 Å². The van der Waals surface area contributed by atoms with Crippen molar-refractivity contribution in [3.05, 3.63) is 24.3 Å². The van der Waals surface area contributed by atoms with Gasteiger partial charge in [0.1, 0.15) is 5.75 Å². The molecular weight excluding hydrogens is 208 g/mol. The molecule has 0 aliphatic rings. The lowest BCUT2D eigenvalue weighted by Gasteiger charge is -2.17. The van der Waals surface area contributed by atoms with Crippen molar-refractivity contribution in [3.63, 3.8) is 0 Å². The van der Waals surface area contributed by atoms with Gasteiger partial charge in [-0.1, -0.05) is 13.8 Å². The van der Waals surface area contributed by atoms with E-state index in [0.29, 0.717) is 5.92 Å². The molecule has 1 unspecified atom stereocenters. The molecule has 0 spiro atoms. The Kier molecular flexibility index (Phi) is 4.99. The van der Waals surface area contributed by atoms with Crippen molar-refractivity contribution < 1.29 is 9.84 Å². The van der Waals surface area contributed by atoms with E-state index >= 15 is 0 Å². The topological polar surface area (TPSA) is 29.5 Å². The SMILES string of the molecule is COc1ccc(SC(CO)C(C)C)cc1. The summed E-state index contributed by atoms with van der Waals surface area (Å²) in [5, 5.41) is 9.48. The van der Waals surface area contributed by atoms with Crippen molar-refractivity contribution in [2.75, 3.05) is 13.7 Å². The smallest absolute Gasteiger partial charge is 0.118 e. The average molecular weight is 226 g/mol. The first-order chi connectivity index (χ1) is 7.17. The largest absolute Gasteiger partial charge is 0.497 e. The summed E-state index contributed by atoms with van der Waals surface area (Å²) in [5.41, 5.74) is 0. The fourth-order valence-electron chi connectivity index (χ4n) is 1.21. The van der Waals surface area contributed by atoms with Gasteiger partial charge in [-0.3, -0.25) is 0 Å². The van der Waals surface area contributed by atoms with Crippen molar-refractivity contribution >= 4 is 11.8 Å². The lowest BCUT2D eigenvalue weighted by atomic mass is 10.1. The van der Waals surface area contributed by atoms with Gasteiger partial charge in [0.05, 0.1) is 13.7 Å². The van der Waals surface area contributed by atoms with Crippen LogP contribution in [0.4, 0.5) is 0 Å². The lowest BCUT2D eigenvalue weighted by molar-refractivity contribution is 0.275. The maximum Gasteiger partial charge on any atom is 0.118 e. The number of hydrogen-bond acceptors (Lipinski definition) is 3. The van der Waals surface area contributed by atoms with Gasteiger partial charge in [0, 0.05) is 10.1 Å². The molecule has 0 bridgehead atoms. The molecule has 0 aliphatic carbocycles. The number of methoxy groups -OCH3 is 1. The normalized spacial score (nSPS) is 12.9. The van der Waals surface area contributed by atoms with Gasteiger partial charge in [-0.25, -0.2) is 0 Å². The van der Waals surface area contributed by atoms with Crippen LogP contribution >= 0.6 is 11.8 Å². The summed E-state index contributed by atoms with van der Waals surface area (Å²) in [6.07, 6.45) is 0. The number of hydrogen-bond donors (Lipinski definition) is 1. The second-order valence-corrected chi connectivity index (χ2v) is 5.07. The van der Waals surface area contributed by atoms with Crippen molar-refractivity contribution in [2.24, 2.45) is 5.92 Å². The van der Waals surface area contributed by atoms with E-state index in [2.05, 4.69) is 13.8 Å². The van der Waals surface area contributed by atoms with E-state index in [0.717, 1.165) is 5.75 Å². The molecule has 0 aliphatic heterocycles. The molecule has 2 nitrogen and oxygen atoms in total. The molecule has 1 N–H and O–H groups in total. The Bertz CT molecular complexity index is 282. The van der Waals surface area contributed by atoms with Gasteiger partial charge < -0.3 is 9.84 Å². The first-order valence-corrected chi connectivity index (χ1v) is 5.97. The van der Waals surface area contributed by atoms with Crippen LogP contribution in [0.25, 0.3) is 0 Å². The summed E-state index contributed by atoms with van der Waals surface area (Å²) in [4.78, 5) is 1.17. The Morgan fingerprint density at radius 3 is 2.27 bits per heavy atom. The molecule has 0 aromatic heterocycles. The Morgan fingerprint density at radius 1 is 1.27 bits per heavy atom. The molecule has 84 valence electrons. The first-order valence-electron chi connectivity index (χ1n) is 5.09. The third-order valence-corrected chi connectivity index (χ3v) is 3.81. The minimum absolute atomic E-state index is 0.217. The van der Waals surface area contributed by atoms with E-state index in [1.807, 2.05) is 24.3 Å². The molecule has 1 rings (SSSR count). The third-order valence-electron chi connectivity index (χ3n) is 2.27. The van der Waals surface area contributed by atoms with Crippen molar-refractivity contribution in [3.8, 4) is 5.75 Å². The van der Waals surface area contributed by atoms with Gasteiger partial charge in [-0.05, 0) is 30.2 Å². The predicted molar refractivity (Wildman–Crippen MR) is 64.6 cm³/mol. The van der Waals surface area contributed by atoms with Crippen LogP contribution in [0.3, 0.4) is 0 Å². The Morgan fingerprint density at radius 2 is 1.87 bits per heavy atom. The zero-order valence-corrected chi connectivity index (χ0v) is 10.3. The summed E-state index contributed by atoms with van der Waals surface area (Å²) in [6.45, 7) is 4.46. The summed E-state index contributed by atoms with van der Waals surface area (Å²) < 4.78 is 5.09. The quantitative estimate of drug-likeness (QED) is 0.783. The third kappa shape index (κ3) is 3.76. The fourth-order valence-corrected chi connectivity index (χ4v) is 2.20. The Labute approximate surface area is 95.7 Å². The molecular formula is C12H18O2S. The molecule has 1 atom stereocenters. The standard InChI is InChI=1S/C12H18O2S/c1-9(2)12(8-13)15-11-6-4-10(14-3)5-7-11/h4-7,9,12-13H,8H2,1-3H3. The summed E-state index contributed by atoms with van der Waals surface area (Å²) >= 11 is 1.71. The molecule has 1 aromatic rings. The molecule has 1 aromatic carbocycles. The van der Waals surface area contributed by atoms with E-state index in [9.17, 15) is 5.11 Å². The van der Waals surface area contributed by atoms with E-state index < -0.39 is 0 Å². The van der Waals surface area contributed by atoms with E-state index in [1.165, 1.54) is 4.90 Å². The molecule has 0 amide bonds. The summed E-state index contributed by atoms with van der Waals surface area (Å²) in [7, 11) is 1.66. The predicted octanol–water partition coefficient (Wildman–Crippen LogP) is 2.80. The zero-order valence-electron chi connectivity index (χ0n) is 9.43. The maximum absolute atomic E-state index is 9.21. The summed E-state index contributed by atoms with van der Waals surface area (Å²) in [5.74, 6) is 1.34. The number of aliphatic hydroxyl groups is 1. The monoisotopic (exact) mass is 226 g/mol. The number of aliphatic hydroxyl groups excluding tert-OH is 1. The minimum atomic E-state index is 0.217. The van der Waals surface area contributed by atoms with Crippen molar-refractivity contribution in [1.82, 2.24) is 0 Å². The highest BCUT2D eigenvalue weighted by Crippen LogP contribution is 2.28. The van der Waals surface area contributed by atoms with Gasteiger partial charge in [0.2, 0.25) is 0 Å². The van der Waals surface area contributed by atoms with Crippen LogP contribution in [-0.4, -0.2) is 24.1 Å². The molecule has 3 heteroatoms. The second-order valence-electron chi connectivity index (χ2n) is 3.76. The summed E-state index contributed by atoms with van der Waals surface area (Å²) in [6, 6.07) is 7.93. The van der Waals surface area contributed by atoms with Crippen LogP contribution in [0.2, 0.25) is 0 Å². The fraction of sp³-hybridized carbons (Fsp3) is 0.500. The maximum atomic E-state index is 9.21. The average Bonchev–Trinajstić information content (AvgIpc) is 2.26. The number of ether oxygens (including phenoxy) is 1. The lowest BCUT2D eigenvalue weighted by Crippen LogP contribution is -2.15. The van der Waals surface area contributed by atoms with E-state index in [1.54, 1.807) is 18.9 Å². The highest BCUT2D eigenvalue weighted by atomic mass is 32.2. The molecule has 0 fully saturated rings. The van der Waals surface area contributed by atoms with Gasteiger partial charge in [0.15, 0.2) is 0 Å². The van der Waals surface area contributed by atoms with Crippen LogP contribution < -0.4 is 4.74 Å². The highest BCUT2D eigenvalue weighted by Gasteiger charge is 2.13. The minimum Gasteiger partial charge on any atom is -0.497 e. The number of rotatable bonds is 5. The van der Waals surface area contributed by atoms with E-state index in [4.69, 9.17) is 4.74 Å². The molecule has 15 heavy (non-hydrogen) atoms. The molecule has 0 radical (unpaired) electrons.